The van der Waals surface area contributed by atoms with Gasteiger partial charge in [0.05, 0.1) is 18.8 Å². The normalized spacial score (nSPS) is 14.5. The van der Waals surface area contributed by atoms with Crippen LogP contribution in [0.25, 0.3) is 0 Å². The second-order valence-electron chi connectivity index (χ2n) is 10.6. The molecule has 0 aromatic rings. The molecule has 0 radical (unpaired) electrons. The van der Waals surface area contributed by atoms with Crippen LogP contribution in [0, 0.1) is 0 Å². The van der Waals surface area contributed by atoms with Crippen LogP contribution in [0.2, 0.25) is 18.1 Å². The van der Waals surface area contributed by atoms with Crippen molar-refractivity contribution < 1.29 is 14.3 Å². The summed E-state index contributed by atoms with van der Waals surface area (Å²) < 4.78 is 6.55. The molecule has 0 saturated carbocycles. The summed E-state index contributed by atoms with van der Waals surface area (Å²) in [7, 11) is -2.05. The highest BCUT2D eigenvalue weighted by atomic mass is 28.4. The maximum atomic E-state index is 11.8. The van der Waals surface area contributed by atoms with Crippen LogP contribution in [0.15, 0.2) is 24.8 Å². The molecule has 0 rings (SSSR count). The molecule has 0 fully saturated rings. The van der Waals surface area contributed by atoms with Crippen molar-refractivity contribution >= 4 is 14.2 Å². The molecule has 0 saturated heterocycles. The molecular weight excluding hydrogens is 414 g/mol. The average molecular weight is 468 g/mol. The van der Waals surface area contributed by atoms with E-state index in [9.17, 15) is 9.90 Å². The second kappa shape index (κ2) is 17.5. The third kappa shape index (κ3) is 14.3. The van der Waals surface area contributed by atoms with E-state index in [0.29, 0.717) is 0 Å². The summed E-state index contributed by atoms with van der Waals surface area (Å²) in [5, 5.41) is 12.8. The summed E-state index contributed by atoms with van der Waals surface area (Å²) in [4.78, 5) is 11.8. The predicted molar refractivity (Wildman–Crippen MR) is 142 cm³/mol. The number of carbonyl (C=O) groups excluding carboxylic acids is 1. The molecule has 32 heavy (non-hydrogen) atoms. The Hall–Kier alpha value is -0.913. The van der Waals surface area contributed by atoms with Crippen LogP contribution >= 0.6 is 0 Å². The maximum Gasteiger partial charge on any atom is 0.243 e. The first-order valence-corrected chi connectivity index (χ1v) is 15.9. The largest absolute Gasteiger partial charge is 0.408 e. The fraction of sp³-hybridized carbons (Fsp3) is 0.815. The minimum Gasteiger partial charge on any atom is -0.408 e. The Labute approximate surface area is 200 Å². The topological polar surface area (TPSA) is 58.6 Å². The van der Waals surface area contributed by atoms with Gasteiger partial charge in [0.2, 0.25) is 5.91 Å². The lowest BCUT2D eigenvalue weighted by molar-refractivity contribution is -0.118. The fourth-order valence-electron chi connectivity index (χ4n) is 3.40. The highest BCUT2D eigenvalue weighted by molar-refractivity contribution is 6.74. The van der Waals surface area contributed by atoms with Gasteiger partial charge in [0, 0.05) is 0 Å². The van der Waals surface area contributed by atoms with E-state index in [0.717, 1.165) is 6.42 Å². The van der Waals surface area contributed by atoms with Crippen LogP contribution in [0.3, 0.4) is 0 Å². The van der Waals surface area contributed by atoms with Crippen LogP contribution in [0.5, 0.6) is 0 Å². The van der Waals surface area contributed by atoms with E-state index >= 15 is 0 Å². The molecule has 0 bridgehead atoms. The summed E-state index contributed by atoms with van der Waals surface area (Å²) >= 11 is 0. The van der Waals surface area contributed by atoms with Gasteiger partial charge in [0.15, 0.2) is 8.32 Å². The molecule has 2 N–H and O–H groups in total. The zero-order valence-electron chi connectivity index (χ0n) is 22.0. The first-order chi connectivity index (χ1) is 15.1. The molecule has 0 aliphatic rings. The highest BCUT2D eigenvalue weighted by Gasteiger charge is 2.40. The zero-order chi connectivity index (χ0) is 24.5. The highest BCUT2D eigenvalue weighted by Crippen LogP contribution is 2.37. The Morgan fingerprint density at radius 1 is 1.00 bits per heavy atom. The van der Waals surface area contributed by atoms with Crippen molar-refractivity contribution in [3.63, 3.8) is 0 Å². The van der Waals surface area contributed by atoms with Crippen LogP contribution < -0.4 is 5.32 Å². The minimum atomic E-state index is -2.05. The lowest BCUT2D eigenvalue weighted by Crippen LogP contribution is -2.52. The standard InChI is InChI=1S/C27H53NO3Si/c1-8-10-11-12-13-14-15-16-17-18-19-20-21-22-25(24(23-29)28-26(30)9-2)31-32(6,7)27(3,4)5/h9,21-22,24-25,29H,2,8,10-20,23H2,1,3-7H3,(H,28,30)/t24-,25+/m0/s1. The lowest BCUT2D eigenvalue weighted by atomic mass is 10.0. The Morgan fingerprint density at radius 2 is 1.50 bits per heavy atom. The molecular formula is C27H53NO3Si. The number of hydrogen-bond acceptors (Lipinski definition) is 3. The van der Waals surface area contributed by atoms with Gasteiger partial charge in [-0.3, -0.25) is 4.79 Å². The van der Waals surface area contributed by atoms with Crippen molar-refractivity contribution in [2.24, 2.45) is 0 Å². The minimum absolute atomic E-state index is 0.0531. The maximum absolute atomic E-state index is 11.8. The number of nitrogens with one attached hydrogen (secondary N) is 1. The van der Waals surface area contributed by atoms with Crippen molar-refractivity contribution in [3.8, 4) is 0 Å². The van der Waals surface area contributed by atoms with Gasteiger partial charge >= 0.3 is 0 Å². The van der Waals surface area contributed by atoms with Gasteiger partial charge in [0.1, 0.15) is 0 Å². The van der Waals surface area contributed by atoms with Crippen molar-refractivity contribution in [2.45, 2.75) is 135 Å². The Bertz CT molecular complexity index is 525. The van der Waals surface area contributed by atoms with E-state index in [4.69, 9.17) is 4.43 Å². The Balaban J connectivity index is 4.48. The lowest BCUT2D eigenvalue weighted by Gasteiger charge is -2.40. The number of aliphatic hydroxyl groups excluding tert-OH is 1. The molecule has 0 aromatic heterocycles. The third-order valence-corrected chi connectivity index (χ3v) is 11.1. The average Bonchev–Trinajstić information content (AvgIpc) is 2.73. The van der Waals surface area contributed by atoms with Gasteiger partial charge < -0.3 is 14.8 Å². The van der Waals surface area contributed by atoms with Crippen LogP contribution in [-0.4, -0.2) is 38.1 Å². The monoisotopic (exact) mass is 467 g/mol. The number of unbranched alkanes of at least 4 members (excludes halogenated alkanes) is 11. The first kappa shape index (κ1) is 31.1. The molecule has 0 aliphatic carbocycles. The molecule has 0 heterocycles. The molecule has 188 valence electrons. The van der Waals surface area contributed by atoms with Gasteiger partial charge in [-0.05, 0) is 37.0 Å². The molecule has 2 atom stereocenters. The van der Waals surface area contributed by atoms with Gasteiger partial charge in [-0.1, -0.05) is 111 Å². The van der Waals surface area contributed by atoms with Crippen LogP contribution in [0.1, 0.15) is 105 Å². The van der Waals surface area contributed by atoms with Gasteiger partial charge in [0.25, 0.3) is 0 Å². The summed E-state index contributed by atoms with van der Waals surface area (Å²) in [5.74, 6) is -0.286. The van der Waals surface area contributed by atoms with Crippen molar-refractivity contribution in [1.29, 1.82) is 0 Å². The number of aliphatic hydroxyl groups is 1. The quantitative estimate of drug-likeness (QED) is 0.0907. The Kier molecular flexibility index (Phi) is 17.0. The van der Waals surface area contributed by atoms with E-state index < -0.39 is 14.4 Å². The van der Waals surface area contributed by atoms with Gasteiger partial charge in [-0.25, -0.2) is 0 Å². The predicted octanol–water partition coefficient (Wildman–Crippen LogP) is 7.30. The summed E-state index contributed by atoms with van der Waals surface area (Å²) in [5.41, 5.74) is 0. The number of rotatable bonds is 19. The first-order valence-electron chi connectivity index (χ1n) is 13.0. The third-order valence-electron chi connectivity index (χ3n) is 6.64. The number of allylic oxidation sites excluding steroid dienone is 1. The zero-order valence-corrected chi connectivity index (χ0v) is 23.0. The number of amides is 1. The van der Waals surface area contributed by atoms with Crippen LogP contribution in [-0.2, 0) is 9.22 Å². The SMILES string of the molecule is C=CC(=O)N[C@@H](CO)[C@@H](C=CCCCCCCCCCCCCC)O[Si](C)(C)C(C)(C)C. The summed E-state index contributed by atoms with van der Waals surface area (Å²) in [6.07, 6.45) is 20.8. The van der Waals surface area contributed by atoms with Gasteiger partial charge in [-0.15, -0.1) is 0 Å². The number of hydrogen-bond donors (Lipinski definition) is 2. The van der Waals surface area contributed by atoms with Gasteiger partial charge in [-0.2, -0.15) is 0 Å². The van der Waals surface area contributed by atoms with Crippen LogP contribution in [0.4, 0.5) is 0 Å². The van der Waals surface area contributed by atoms with E-state index in [1.54, 1.807) is 0 Å². The van der Waals surface area contributed by atoms with E-state index in [1.807, 2.05) is 6.08 Å². The molecule has 0 spiro atoms. The summed E-state index contributed by atoms with van der Waals surface area (Å²) in [6, 6.07) is -0.469. The summed E-state index contributed by atoms with van der Waals surface area (Å²) in [6.45, 7) is 16.6. The molecule has 5 heteroatoms. The fourth-order valence-corrected chi connectivity index (χ4v) is 4.68. The van der Waals surface area contributed by atoms with E-state index in [1.165, 1.54) is 76.7 Å². The van der Waals surface area contributed by atoms with Crippen molar-refractivity contribution in [2.75, 3.05) is 6.61 Å². The van der Waals surface area contributed by atoms with E-state index in [-0.39, 0.29) is 23.7 Å². The second-order valence-corrected chi connectivity index (χ2v) is 15.4. The molecule has 0 aromatic carbocycles. The molecule has 0 unspecified atom stereocenters. The molecule has 4 nitrogen and oxygen atoms in total. The molecule has 0 aliphatic heterocycles. The Morgan fingerprint density at radius 3 is 1.94 bits per heavy atom. The van der Waals surface area contributed by atoms with Crippen molar-refractivity contribution in [1.82, 2.24) is 5.32 Å². The smallest absolute Gasteiger partial charge is 0.243 e. The number of carbonyl (C=O) groups is 1. The van der Waals surface area contributed by atoms with E-state index in [2.05, 4.69) is 58.8 Å². The van der Waals surface area contributed by atoms with Crippen molar-refractivity contribution in [3.05, 3.63) is 24.8 Å². The molecule has 1 amide bonds.